The predicted molar refractivity (Wildman–Crippen MR) is 101 cm³/mol. The van der Waals surface area contributed by atoms with Gasteiger partial charge in [0.25, 0.3) is 5.91 Å². The fourth-order valence-corrected chi connectivity index (χ4v) is 2.88. The number of anilines is 1. The molecule has 8 heteroatoms. The van der Waals surface area contributed by atoms with E-state index in [1.807, 2.05) is 6.26 Å². The number of benzene rings is 2. The second-order valence-corrected chi connectivity index (χ2v) is 6.80. The van der Waals surface area contributed by atoms with Gasteiger partial charge >= 0.3 is 0 Å². The van der Waals surface area contributed by atoms with E-state index in [1.165, 1.54) is 17.8 Å². The molecule has 2 rings (SSSR count). The van der Waals surface area contributed by atoms with Crippen molar-refractivity contribution in [2.75, 3.05) is 17.3 Å². The van der Waals surface area contributed by atoms with Crippen LogP contribution in [0.3, 0.4) is 0 Å². The molecule has 0 heterocycles. The number of hydrogen-bond acceptors (Lipinski definition) is 3. The summed E-state index contributed by atoms with van der Waals surface area (Å²) >= 11 is 7.52. The van der Waals surface area contributed by atoms with Gasteiger partial charge in [-0.15, -0.1) is 0 Å². The maximum Gasteiger partial charge on any atom is 0.253 e. The minimum Gasteiger partial charge on any atom is -0.340 e. The van der Waals surface area contributed by atoms with Gasteiger partial charge in [-0.2, -0.15) is 11.8 Å². The third kappa shape index (κ3) is 5.44. The van der Waals surface area contributed by atoms with E-state index in [9.17, 15) is 18.4 Å². The summed E-state index contributed by atoms with van der Waals surface area (Å²) in [6.45, 7) is 0. The van der Waals surface area contributed by atoms with Crippen LogP contribution in [0.1, 0.15) is 16.8 Å². The van der Waals surface area contributed by atoms with Gasteiger partial charge in [0, 0.05) is 11.8 Å². The van der Waals surface area contributed by atoms with Crippen LogP contribution in [0.25, 0.3) is 0 Å². The summed E-state index contributed by atoms with van der Waals surface area (Å²) in [7, 11) is 0. The smallest absolute Gasteiger partial charge is 0.253 e. The highest BCUT2D eigenvalue weighted by Crippen LogP contribution is 2.17. The lowest BCUT2D eigenvalue weighted by molar-refractivity contribution is -0.118. The predicted octanol–water partition coefficient (Wildman–Crippen LogP) is 4.11. The van der Waals surface area contributed by atoms with Crippen molar-refractivity contribution in [3.05, 3.63) is 64.7 Å². The second kappa shape index (κ2) is 9.54. The summed E-state index contributed by atoms with van der Waals surface area (Å²) in [5.74, 6) is -2.45. The van der Waals surface area contributed by atoms with E-state index in [0.29, 0.717) is 12.2 Å². The molecule has 4 nitrogen and oxygen atoms in total. The molecule has 0 aliphatic carbocycles. The zero-order valence-corrected chi connectivity index (χ0v) is 15.5. The summed E-state index contributed by atoms with van der Waals surface area (Å²) in [5, 5.41) is 5.40. The highest BCUT2D eigenvalue weighted by molar-refractivity contribution is 7.98. The minimum absolute atomic E-state index is 0.107. The Morgan fingerprint density at radius 2 is 1.88 bits per heavy atom. The van der Waals surface area contributed by atoms with Gasteiger partial charge < -0.3 is 10.6 Å². The molecule has 2 amide bonds. The maximum absolute atomic E-state index is 13.3. The Balaban J connectivity index is 2.12. The van der Waals surface area contributed by atoms with E-state index in [-0.39, 0.29) is 16.3 Å². The first-order chi connectivity index (χ1) is 12.4. The summed E-state index contributed by atoms with van der Waals surface area (Å²) < 4.78 is 26.3. The van der Waals surface area contributed by atoms with E-state index in [4.69, 9.17) is 11.6 Å². The van der Waals surface area contributed by atoms with Crippen LogP contribution in [0, 0.1) is 11.6 Å². The molecule has 0 aliphatic rings. The Kier molecular flexibility index (Phi) is 7.41. The van der Waals surface area contributed by atoms with Crippen molar-refractivity contribution in [2.24, 2.45) is 0 Å². The molecule has 0 bridgehead atoms. The van der Waals surface area contributed by atoms with E-state index in [2.05, 4.69) is 10.6 Å². The van der Waals surface area contributed by atoms with Crippen molar-refractivity contribution >= 4 is 40.9 Å². The molecule has 0 aliphatic heterocycles. The average molecular weight is 399 g/mol. The number of carbonyl (C=O) groups excluding carboxylic acids is 2. The van der Waals surface area contributed by atoms with Crippen LogP contribution < -0.4 is 10.6 Å². The van der Waals surface area contributed by atoms with Crippen molar-refractivity contribution in [1.29, 1.82) is 0 Å². The first kappa shape index (κ1) is 20.2. The Morgan fingerprint density at radius 1 is 1.15 bits per heavy atom. The Labute approximate surface area is 159 Å². The number of amides is 2. The molecule has 0 aromatic heterocycles. The van der Waals surface area contributed by atoms with Crippen molar-refractivity contribution in [2.45, 2.75) is 12.5 Å². The average Bonchev–Trinajstić information content (AvgIpc) is 2.61. The third-order valence-corrected chi connectivity index (χ3v) is 4.51. The highest BCUT2D eigenvalue weighted by Gasteiger charge is 2.22. The van der Waals surface area contributed by atoms with Crippen LogP contribution in [0.4, 0.5) is 14.5 Å². The standard InChI is InChI=1S/C18H17ClF2N2O2S/c1-26-9-8-16(23-17(24)12-4-2-3-5-13(12)19)18(25)22-11-6-7-14(20)15(21)10-11/h2-7,10,16H,8-9H2,1H3,(H,22,25)(H,23,24)/t16-/m0/s1. The Morgan fingerprint density at radius 3 is 2.54 bits per heavy atom. The van der Waals surface area contributed by atoms with Gasteiger partial charge in [0.2, 0.25) is 5.91 Å². The van der Waals surface area contributed by atoms with Crippen molar-refractivity contribution in [3.63, 3.8) is 0 Å². The lowest BCUT2D eigenvalue weighted by Gasteiger charge is -2.18. The van der Waals surface area contributed by atoms with Crippen LogP contribution in [-0.2, 0) is 4.79 Å². The van der Waals surface area contributed by atoms with Crippen LogP contribution in [-0.4, -0.2) is 29.9 Å². The zero-order valence-electron chi connectivity index (χ0n) is 13.9. The second-order valence-electron chi connectivity index (χ2n) is 5.41. The molecule has 26 heavy (non-hydrogen) atoms. The molecule has 0 saturated heterocycles. The summed E-state index contributed by atoms with van der Waals surface area (Å²) in [5.41, 5.74) is 0.360. The summed E-state index contributed by atoms with van der Waals surface area (Å²) in [6.07, 6.45) is 2.24. The number of hydrogen-bond donors (Lipinski definition) is 2. The Hall–Kier alpha value is -2.12. The molecule has 2 aromatic carbocycles. The van der Waals surface area contributed by atoms with Gasteiger partial charge in [-0.3, -0.25) is 9.59 Å². The minimum atomic E-state index is -1.07. The van der Waals surface area contributed by atoms with Gasteiger partial charge in [-0.05, 0) is 42.7 Å². The molecule has 2 N–H and O–H groups in total. The van der Waals surface area contributed by atoms with Gasteiger partial charge in [-0.25, -0.2) is 8.78 Å². The fraction of sp³-hybridized carbons (Fsp3) is 0.222. The van der Waals surface area contributed by atoms with E-state index in [1.54, 1.807) is 24.3 Å². The number of thioether (sulfide) groups is 1. The highest BCUT2D eigenvalue weighted by atomic mass is 35.5. The van der Waals surface area contributed by atoms with Crippen molar-refractivity contribution in [3.8, 4) is 0 Å². The molecular formula is C18H17ClF2N2O2S. The molecule has 0 spiro atoms. The molecular weight excluding hydrogens is 382 g/mol. The molecule has 0 radical (unpaired) electrons. The topological polar surface area (TPSA) is 58.2 Å². The molecule has 0 saturated carbocycles. The molecule has 0 fully saturated rings. The van der Waals surface area contributed by atoms with Crippen LogP contribution >= 0.6 is 23.4 Å². The van der Waals surface area contributed by atoms with Crippen molar-refractivity contribution < 1.29 is 18.4 Å². The zero-order chi connectivity index (χ0) is 19.1. The SMILES string of the molecule is CSCC[C@H](NC(=O)c1ccccc1Cl)C(=O)Nc1ccc(F)c(F)c1. The van der Waals surface area contributed by atoms with Gasteiger partial charge in [0.1, 0.15) is 6.04 Å². The normalized spacial score (nSPS) is 11.7. The molecule has 1 atom stereocenters. The Bertz CT molecular complexity index is 805. The number of carbonyl (C=O) groups is 2. The van der Waals surface area contributed by atoms with E-state index >= 15 is 0 Å². The van der Waals surface area contributed by atoms with Crippen molar-refractivity contribution in [1.82, 2.24) is 5.32 Å². The first-order valence-corrected chi connectivity index (χ1v) is 9.49. The van der Waals surface area contributed by atoms with Crippen LogP contribution in [0.2, 0.25) is 5.02 Å². The van der Waals surface area contributed by atoms with Gasteiger partial charge in [0.15, 0.2) is 11.6 Å². The quantitative estimate of drug-likeness (QED) is 0.738. The molecule has 138 valence electrons. The number of halogens is 3. The largest absolute Gasteiger partial charge is 0.340 e. The van der Waals surface area contributed by atoms with Gasteiger partial charge in [-0.1, -0.05) is 23.7 Å². The monoisotopic (exact) mass is 398 g/mol. The van der Waals surface area contributed by atoms with Gasteiger partial charge in [0.05, 0.1) is 10.6 Å². The maximum atomic E-state index is 13.3. The number of rotatable bonds is 7. The molecule has 0 unspecified atom stereocenters. The van der Waals surface area contributed by atoms with Crippen LogP contribution in [0.15, 0.2) is 42.5 Å². The summed E-state index contributed by atoms with van der Waals surface area (Å²) in [6, 6.07) is 8.70. The number of nitrogens with one attached hydrogen (secondary N) is 2. The van der Waals surface area contributed by atoms with Crippen LogP contribution in [0.5, 0.6) is 0 Å². The first-order valence-electron chi connectivity index (χ1n) is 7.72. The van der Waals surface area contributed by atoms with E-state index in [0.717, 1.165) is 12.1 Å². The lowest BCUT2D eigenvalue weighted by Crippen LogP contribution is -2.44. The van der Waals surface area contributed by atoms with E-state index < -0.39 is 29.5 Å². The lowest BCUT2D eigenvalue weighted by atomic mass is 10.1. The summed E-state index contributed by atoms with van der Waals surface area (Å²) in [4.78, 5) is 24.9. The fourth-order valence-electron chi connectivity index (χ4n) is 2.19. The molecule has 2 aromatic rings. The third-order valence-electron chi connectivity index (χ3n) is 3.54.